The molecule has 1 saturated heterocycles. The van der Waals surface area contributed by atoms with Crippen molar-refractivity contribution in [2.45, 2.75) is 20.3 Å². The number of esters is 1. The van der Waals surface area contributed by atoms with Crippen LogP contribution in [0.2, 0.25) is 0 Å². The minimum absolute atomic E-state index is 0.194. The lowest BCUT2D eigenvalue weighted by Gasteiger charge is -2.33. The number of carbonyl (C=O) groups is 2. The van der Waals surface area contributed by atoms with E-state index in [0.29, 0.717) is 13.2 Å². The van der Waals surface area contributed by atoms with Crippen LogP contribution in [-0.4, -0.2) is 41.8 Å². The molecule has 1 N–H and O–H groups in total. The number of amides is 1. The van der Waals surface area contributed by atoms with Crippen molar-refractivity contribution in [2.24, 2.45) is 11.8 Å². The third kappa shape index (κ3) is 2.84. The summed E-state index contributed by atoms with van der Waals surface area (Å²) in [5, 5.41) is 8.83. The summed E-state index contributed by atoms with van der Waals surface area (Å²) in [6.45, 7) is 4.82. The normalized spacial score (nSPS) is 26.1. The summed E-state index contributed by atoms with van der Waals surface area (Å²) in [4.78, 5) is 23.6. The number of likely N-dealkylation sites (tertiary alicyclic amines) is 1. The van der Waals surface area contributed by atoms with Gasteiger partial charge in [-0.25, -0.2) is 4.79 Å². The van der Waals surface area contributed by atoms with Gasteiger partial charge in [-0.1, -0.05) is 6.92 Å². The van der Waals surface area contributed by atoms with Gasteiger partial charge in [0.15, 0.2) is 0 Å². The minimum atomic E-state index is -0.962. The summed E-state index contributed by atoms with van der Waals surface area (Å²) in [5.41, 5.74) is 0. The van der Waals surface area contributed by atoms with Crippen LogP contribution in [0.3, 0.4) is 0 Å². The Balaban J connectivity index is 2.60. The largest absolute Gasteiger partial charge is 0.466 e. The first-order valence-electron chi connectivity index (χ1n) is 5.20. The molecule has 0 saturated carbocycles. The van der Waals surface area contributed by atoms with Crippen LogP contribution in [0.15, 0.2) is 0 Å². The maximum Gasteiger partial charge on any atom is 0.407 e. The lowest BCUT2D eigenvalue weighted by Crippen LogP contribution is -2.45. The molecule has 2 atom stereocenters. The third-order valence-electron chi connectivity index (χ3n) is 2.82. The van der Waals surface area contributed by atoms with Crippen molar-refractivity contribution in [1.29, 1.82) is 0 Å². The second kappa shape index (κ2) is 5.00. The van der Waals surface area contributed by atoms with Crippen molar-refractivity contribution in [3.63, 3.8) is 0 Å². The molecule has 5 nitrogen and oxygen atoms in total. The van der Waals surface area contributed by atoms with Crippen LogP contribution in [0.1, 0.15) is 20.3 Å². The molecule has 1 fully saturated rings. The lowest BCUT2D eigenvalue weighted by atomic mass is 9.87. The predicted molar refractivity (Wildman–Crippen MR) is 53.5 cm³/mol. The zero-order valence-electron chi connectivity index (χ0n) is 9.10. The fourth-order valence-electron chi connectivity index (χ4n) is 1.80. The second-order valence-electron chi connectivity index (χ2n) is 3.85. The Morgan fingerprint density at radius 2 is 2.20 bits per heavy atom. The number of rotatable bonds is 2. The van der Waals surface area contributed by atoms with Crippen molar-refractivity contribution in [3.8, 4) is 0 Å². The Morgan fingerprint density at radius 3 is 2.73 bits per heavy atom. The first-order chi connectivity index (χ1) is 7.06. The molecular weight excluding hydrogens is 198 g/mol. The molecule has 0 aromatic rings. The summed E-state index contributed by atoms with van der Waals surface area (Å²) < 4.78 is 4.92. The molecule has 1 heterocycles. The van der Waals surface area contributed by atoms with Gasteiger partial charge < -0.3 is 14.7 Å². The molecular formula is C10H17NO4. The van der Waals surface area contributed by atoms with Crippen LogP contribution in [0.5, 0.6) is 0 Å². The third-order valence-corrected chi connectivity index (χ3v) is 2.82. The van der Waals surface area contributed by atoms with Gasteiger partial charge in [0.25, 0.3) is 0 Å². The lowest BCUT2D eigenvalue weighted by molar-refractivity contribution is -0.151. The monoisotopic (exact) mass is 215 g/mol. The summed E-state index contributed by atoms with van der Waals surface area (Å²) in [6, 6.07) is 0. The summed E-state index contributed by atoms with van der Waals surface area (Å²) in [7, 11) is 0. The molecule has 0 aromatic heterocycles. The molecule has 0 bridgehead atoms. The number of hydrogen-bond acceptors (Lipinski definition) is 3. The zero-order chi connectivity index (χ0) is 11.4. The molecule has 1 amide bonds. The number of hydrogen-bond donors (Lipinski definition) is 1. The molecule has 1 rings (SSSR count). The maximum atomic E-state index is 11.5. The van der Waals surface area contributed by atoms with Gasteiger partial charge in [0.05, 0.1) is 12.5 Å². The van der Waals surface area contributed by atoms with Crippen LogP contribution in [0.25, 0.3) is 0 Å². The highest BCUT2D eigenvalue weighted by atomic mass is 16.5. The Labute approximate surface area is 89.0 Å². The van der Waals surface area contributed by atoms with Gasteiger partial charge in [-0.3, -0.25) is 4.79 Å². The van der Waals surface area contributed by atoms with E-state index in [4.69, 9.17) is 9.84 Å². The standard InChI is InChI=1S/C10H17NO4/c1-3-15-9(12)8-6-11(10(13)14)5-4-7(8)2/h7-8H,3-6H2,1-2H3,(H,13,14). The van der Waals surface area contributed by atoms with Crippen molar-refractivity contribution >= 4 is 12.1 Å². The van der Waals surface area contributed by atoms with Crippen molar-refractivity contribution < 1.29 is 19.4 Å². The highest BCUT2D eigenvalue weighted by molar-refractivity contribution is 5.74. The van der Waals surface area contributed by atoms with Gasteiger partial charge >= 0.3 is 12.1 Å². The van der Waals surface area contributed by atoms with E-state index in [-0.39, 0.29) is 24.3 Å². The quantitative estimate of drug-likeness (QED) is 0.702. The summed E-state index contributed by atoms with van der Waals surface area (Å²) in [5.74, 6) is -0.398. The van der Waals surface area contributed by atoms with Gasteiger partial charge in [-0.05, 0) is 19.3 Å². The fraction of sp³-hybridized carbons (Fsp3) is 0.800. The Morgan fingerprint density at radius 1 is 1.53 bits per heavy atom. The highest BCUT2D eigenvalue weighted by Gasteiger charge is 2.34. The van der Waals surface area contributed by atoms with Crippen molar-refractivity contribution in [1.82, 2.24) is 4.90 Å². The van der Waals surface area contributed by atoms with Crippen LogP contribution in [-0.2, 0) is 9.53 Å². The summed E-state index contributed by atoms with van der Waals surface area (Å²) >= 11 is 0. The van der Waals surface area contributed by atoms with E-state index in [0.717, 1.165) is 6.42 Å². The molecule has 2 unspecified atom stereocenters. The van der Waals surface area contributed by atoms with E-state index < -0.39 is 6.09 Å². The minimum Gasteiger partial charge on any atom is -0.466 e. The van der Waals surface area contributed by atoms with E-state index in [9.17, 15) is 9.59 Å². The number of carboxylic acid groups (broad SMARTS) is 1. The van der Waals surface area contributed by atoms with E-state index in [2.05, 4.69) is 0 Å². The Kier molecular flexibility index (Phi) is 3.94. The van der Waals surface area contributed by atoms with Gasteiger partial charge in [-0.2, -0.15) is 0 Å². The molecule has 0 spiro atoms. The van der Waals surface area contributed by atoms with E-state index in [1.54, 1.807) is 6.92 Å². The fourth-order valence-corrected chi connectivity index (χ4v) is 1.80. The van der Waals surface area contributed by atoms with Crippen molar-refractivity contribution in [2.75, 3.05) is 19.7 Å². The van der Waals surface area contributed by atoms with Crippen molar-refractivity contribution in [3.05, 3.63) is 0 Å². The molecule has 0 radical (unpaired) electrons. The Bertz CT molecular complexity index is 254. The van der Waals surface area contributed by atoms with E-state index in [1.807, 2.05) is 6.92 Å². The molecule has 0 aliphatic carbocycles. The maximum absolute atomic E-state index is 11.5. The average molecular weight is 215 g/mol. The highest BCUT2D eigenvalue weighted by Crippen LogP contribution is 2.24. The van der Waals surface area contributed by atoms with Gasteiger partial charge in [-0.15, -0.1) is 0 Å². The summed E-state index contributed by atoms with van der Waals surface area (Å²) in [6.07, 6.45) is -0.244. The topological polar surface area (TPSA) is 66.8 Å². The number of piperidine rings is 1. The molecule has 1 aliphatic rings. The van der Waals surface area contributed by atoms with Crippen LogP contribution in [0, 0.1) is 11.8 Å². The second-order valence-corrected chi connectivity index (χ2v) is 3.85. The SMILES string of the molecule is CCOC(=O)C1CN(C(=O)O)CCC1C. The van der Waals surface area contributed by atoms with Crippen LogP contribution >= 0.6 is 0 Å². The van der Waals surface area contributed by atoms with Crippen LogP contribution in [0.4, 0.5) is 4.79 Å². The molecule has 0 aromatic carbocycles. The zero-order valence-corrected chi connectivity index (χ0v) is 9.10. The van der Waals surface area contributed by atoms with E-state index in [1.165, 1.54) is 4.90 Å². The average Bonchev–Trinajstić information content (AvgIpc) is 2.18. The molecule has 86 valence electrons. The van der Waals surface area contributed by atoms with Gasteiger partial charge in [0.1, 0.15) is 0 Å². The smallest absolute Gasteiger partial charge is 0.407 e. The van der Waals surface area contributed by atoms with Crippen LogP contribution < -0.4 is 0 Å². The molecule has 5 heteroatoms. The number of carbonyl (C=O) groups excluding carboxylic acids is 1. The predicted octanol–water partition coefficient (Wildman–Crippen LogP) is 1.19. The number of nitrogens with zero attached hydrogens (tertiary/aromatic N) is 1. The van der Waals surface area contributed by atoms with Gasteiger partial charge in [0.2, 0.25) is 0 Å². The Hall–Kier alpha value is -1.26. The molecule has 15 heavy (non-hydrogen) atoms. The number of ether oxygens (including phenoxy) is 1. The first kappa shape index (κ1) is 11.8. The molecule has 1 aliphatic heterocycles. The van der Waals surface area contributed by atoms with E-state index >= 15 is 0 Å². The van der Waals surface area contributed by atoms with Gasteiger partial charge in [0, 0.05) is 13.1 Å². The first-order valence-corrected chi connectivity index (χ1v) is 5.20.